The molecule has 1 aromatic heterocycles. The first-order valence-corrected chi connectivity index (χ1v) is 17.0. The number of halogens is 2. The van der Waals surface area contributed by atoms with Gasteiger partial charge in [0.05, 0.1) is 11.4 Å². The summed E-state index contributed by atoms with van der Waals surface area (Å²) in [6.45, 7) is 6.32. The summed E-state index contributed by atoms with van der Waals surface area (Å²) < 4.78 is 49.6. The number of rotatable bonds is 11. The van der Waals surface area contributed by atoms with Gasteiger partial charge in [-0.3, -0.25) is 4.18 Å². The quantitative estimate of drug-likeness (QED) is 0.167. The minimum Gasteiger partial charge on any atom is -0.491 e. The largest absolute Gasteiger partial charge is 0.491 e. The third-order valence-electron chi connectivity index (χ3n) is 6.86. The van der Waals surface area contributed by atoms with E-state index in [-0.39, 0.29) is 24.1 Å². The van der Waals surface area contributed by atoms with Gasteiger partial charge in [0.2, 0.25) is 0 Å². The van der Waals surface area contributed by atoms with E-state index in [4.69, 9.17) is 35.0 Å². The highest BCUT2D eigenvalue weighted by Crippen LogP contribution is 2.28. The zero-order valence-corrected chi connectivity index (χ0v) is 29.1. The molecule has 4 rings (SSSR count). The van der Waals surface area contributed by atoms with Crippen LogP contribution in [-0.2, 0) is 23.8 Å². The van der Waals surface area contributed by atoms with Crippen LogP contribution in [0.5, 0.6) is 5.75 Å². The zero-order chi connectivity index (χ0) is 32.8. The number of anilines is 1. The van der Waals surface area contributed by atoms with Gasteiger partial charge in [0.1, 0.15) is 35.0 Å². The molecule has 3 aromatic rings. The second-order valence-corrected chi connectivity index (χ2v) is 14.5. The highest BCUT2D eigenvalue weighted by molar-refractivity contribution is 9.10. The fourth-order valence-electron chi connectivity index (χ4n) is 4.56. The van der Waals surface area contributed by atoms with Crippen molar-refractivity contribution < 1.29 is 31.6 Å². The molecule has 45 heavy (non-hydrogen) atoms. The smallest absolute Gasteiger partial charge is 0.410 e. The number of hydrogen-bond acceptors (Lipinski definition) is 10. The average Bonchev–Trinajstić information content (AvgIpc) is 2.99. The number of carbonyl (C=O) groups is 1. The van der Waals surface area contributed by atoms with Crippen LogP contribution in [0.4, 0.5) is 10.6 Å². The fourth-order valence-corrected chi connectivity index (χ4v) is 6.05. The molecular formula is C31H38BrClN4O7S. The summed E-state index contributed by atoms with van der Waals surface area (Å²) in [5.74, 6) is 1.53. The molecule has 0 saturated carbocycles. The molecule has 11 nitrogen and oxygen atoms in total. The van der Waals surface area contributed by atoms with Crippen LogP contribution >= 0.6 is 27.5 Å². The molecule has 1 amide bonds. The van der Waals surface area contributed by atoms with Gasteiger partial charge in [-0.05, 0) is 70.0 Å². The number of ether oxygens (including phenoxy) is 3. The van der Waals surface area contributed by atoms with Gasteiger partial charge in [-0.1, -0.05) is 39.7 Å². The molecule has 2 aromatic carbocycles. The first-order chi connectivity index (χ1) is 21.2. The summed E-state index contributed by atoms with van der Waals surface area (Å²) >= 11 is 9.71. The molecule has 0 spiro atoms. The lowest BCUT2D eigenvalue weighted by Crippen LogP contribution is -2.42. The van der Waals surface area contributed by atoms with E-state index in [1.807, 2.05) is 13.1 Å². The molecule has 1 unspecified atom stereocenters. The standard InChI is InChI=1S/C31H38BrClN4O7S/c1-31(2,3)43-30(38)36(4)19-25(44-45(39,40)26-11-9-22(32)10-12-26)20-42-24-8-6-7-21(17-24)29-34-27(33)18-28(35-29)37(5)23-13-15-41-16-14-23/h6-12,17-18,23,25H,13-16,19-20H2,1-5H3. The van der Waals surface area contributed by atoms with Crippen LogP contribution in [-0.4, -0.2) is 87.6 Å². The van der Waals surface area contributed by atoms with Crippen molar-refractivity contribution in [2.45, 2.75) is 56.3 Å². The molecule has 1 aliphatic heterocycles. The lowest BCUT2D eigenvalue weighted by molar-refractivity contribution is 0.0194. The molecule has 244 valence electrons. The second-order valence-electron chi connectivity index (χ2n) is 11.7. The van der Waals surface area contributed by atoms with Gasteiger partial charge in [-0.2, -0.15) is 8.42 Å². The minimum absolute atomic E-state index is 0.0303. The molecule has 1 aliphatic rings. The maximum atomic E-state index is 13.1. The van der Waals surface area contributed by atoms with Crippen molar-refractivity contribution in [2.75, 3.05) is 45.4 Å². The van der Waals surface area contributed by atoms with Crippen LogP contribution in [0.15, 0.2) is 64.0 Å². The van der Waals surface area contributed by atoms with Gasteiger partial charge in [-0.25, -0.2) is 14.8 Å². The van der Waals surface area contributed by atoms with Crippen LogP contribution in [0.3, 0.4) is 0 Å². The van der Waals surface area contributed by atoms with Gasteiger partial charge >= 0.3 is 6.09 Å². The van der Waals surface area contributed by atoms with E-state index in [9.17, 15) is 13.2 Å². The van der Waals surface area contributed by atoms with E-state index in [1.165, 1.54) is 24.1 Å². The number of likely N-dealkylation sites (N-methyl/N-ethyl adjacent to an activating group) is 1. The van der Waals surface area contributed by atoms with Crippen molar-refractivity contribution in [2.24, 2.45) is 0 Å². The molecule has 0 radical (unpaired) electrons. The van der Waals surface area contributed by atoms with Gasteiger partial charge in [0, 0.05) is 49.5 Å². The lowest BCUT2D eigenvalue weighted by atomic mass is 10.1. The van der Waals surface area contributed by atoms with Crippen LogP contribution < -0.4 is 9.64 Å². The van der Waals surface area contributed by atoms with E-state index in [1.54, 1.807) is 57.2 Å². The first-order valence-electron chi connectivity index (χ1n) is 14.4. The Morgan fingerprint density at radius 2 is 1.78 bits per heavy atom. The highest BCUT2D eigenvalue weighted by Gasteiger charge is 2.28. The SMILES string of the molecule is CN(CC(COc1cccc(-c2nc(Cl)cc(N(C)C3CCOCC3)n2)c1)OS(=O)(=O)c1ccc(Br)cc1)C(=O)OC(C)(C)C. The van der Waals surface area contributed by atoms with Crippen molar-refractivity contribution in [1.82, 2.24) is 14.9 Å². The average molecular weight is 726 g/mol. The van der Waals surface area contributed by atoms with Gasteiger partial charge in [0.25, 0.3) is 10.1 Å². The molecule has 1 fully saturated rings. The molecule has 0 aliphatic carbocycles. The Hall–Kier alpha value is -2.97. The molecule has 0 bridgehead atoms. The maximum absolute atomic E-state index is 13.1. The van der Waals surface area contributed by atoms with Crippen LogP contribution in [0.2, 0.25) is 5.15 Å². The van der Waals surface area contributed by atoms with Gasteiger partial charge < -0.3 is 24.0 Å². The number of nitrogens with zero attached hydrogens (tertiary/aromatic N) is 4. The van der Waals surface area contributed by atoms with Crippen LogP contribution in [0.1, 0.15) is 33.6 Å². The highest BCUT2D eigenvalue weighted by atomic mass is 79.9. The van der Waals surface area contributed by atoms with E-state index in [0.717, 1.165) is 17.3 Å². The maximum Gasteiger partial charge on any atom is 0.410 e. The fraction of sp³-hybridized carbons (Fsp3) is 0.452. The van der Waals surface area contributed by atoms with E-state index < -0.39 is 27.9 Å². The Balaban J connectivity index is 1.53. The van der Waals surface area contributed by atoms with Crippen molar-refractivity contribution in [3.8, 4) is 17.1 Å². The van der Waals surface area contributed by atoms with Crippen LogP contribution in [0, 0.1) is 0 Å². The van der Waals surface area contributed by atoms with E-state index >= 15 is 0 Å². The third-order valence-corrected chi connectivity index (χ3v) is 8.95. The zero-order valence-electron chi connectivity index (χ0n) is 25.9. The summed E-state index contributed by atoms with van der Waals surface area (Å²) in [5.41, 5.74) is -0.0771. The summed E-state index contributed by atoms with van der Waals surface area (Å²) in [7, 11) is -0.709. The normalized spacial score (nSPS) is 14.9. The molecule has 1 atom stereocenters. The van der Waals surface area contributed by atoms with Gasteiger partial charge in [-0.15, -0.1) is 0 Å². The summed E-state index contributed by atoms with van der Waals surface area (Å²) in [6.07, 6.45) is 0.0853. The Kier molecular flexibility index (Phi) is 11.7. The Morgan fingerprint density at radius 3 is 2.44 bits per heavy atom. The van der Waals surface area contributed by atoms with E-state index in [0.29, 0.717) is 41.3 Å². The van der Waals surface area contributed by atoms with Crippen molar-refractivity contribution >= 4 is 49.6 Å². The summed E-state index contributed by atoms with van der Waals surface area (Å²) in [4.78, 5) is 25.2. The lowest BCUT2D eigenvalue weighted by Gasteiger charge is -2.32. The summed E-state index contributed by atoms with van der Waals surface area (Å²) in [5, 5.41) is 0.303. The Morgan fingerprint density at radius 1 is 1.09 bits per heavy atom. The molecule has 2 heterocycles. The van der Waals surface area contributed by atoms with Gasteiger partial charge in [0.15, 0.2) is 5.82 Å². The first kappa shape index (κ1) is 34.9. The molecule has 1 saturated heterocycles. The third kappa shape index (κ3) is 10.3. The summed E-state index contributed by atoms with van der Waals surface area (Å²) in [6, 6.07) is 15.1. The monoisotopic (exact) mass is 724 g/mol. The second kappa shape index (κ2) is 15.1. The number of hydrogen-bond donors (Lipinski definition) is 0. The number of carbonyl (C=O) groups excluding carboxylic acids is 1. The molecule has 14 heteroatoms. The minimum atomic E-state index is -4.19. The Bertz CT molecular complexity index is 1560. The van der Waals surface area contributed by atoms with Crippen molar-refractivity contribution in [1.29, 1.82) is 0 Å². The Labute approximate surface area is 278 Å². The predicted octanol–water partition coefficient (Wildman–Crippen LogP) is 6.19. The molecular weight excluding hydrogens is 688 g/mol. The van der Waals surface area contributed by atoms with Crippen LogP contribution in [0.25, 0.3) is 11.4 Å². The van der Waals surface area contributed by atoms with Crippen molar-refractivity contribution in [3.63, 3.8) is 0 Å². The number of benzene rings is 2. The van der Waals surface area contributed by atoms with E-state index in [2.05, 4.69) is 25.8 Å². The predicted molar refractivity (Wildman–Crippen MR) is 175 cm³/mol. The van der Waals surface area contributed by atoms with Crippen molar-refractivity contribution in [3.05, 3.63) is 64.2 Å². The number of aromatic nitrogens is 2. The topological polar surface area (TPSA) is 120 Å². The molecule has 0 N–H and O–H groups in total. The number of amides is 1.